The highest BCUT2D eigenvalue weighted by Crippen LogP contribution is 2.27. The van der Waals surface area contributed by atoms with Crippen LogP contribution in [0.1, 0.15) is 18.0 Å². The molecule has 0 fully saturated rings. The van der Waals surface area contributed by atoms with Crippen molar-refractivity contribution in [2.75, 3.05) is 20.6 Å². The van der Waals surface area contributed by atoms with Crippen molar-refractivity contribution in [1.29, 1.82) is 0 Å². The number of ether oxygens (including phenoxy) is 1. The highest BCUT2D eigenvalue weighted by atomic mass is 19.4. The molecule has 0 aliphatic heterocycles. The van der Waals surface area contributed by atoms with Gasteiger partial charge in [0.05, 0.1) is 6.04 Å². The molecule has 22 heavy (non-hydrogen) atoms. The first kappa shape index (κ1) is 18.1. The van der Waals surface area contributed by atoms with Gasteiger partial charge in [0.25, 0.3) is 0 Å². The van der Waals surface area contributed by atoms with Crippen molar-refractivity contribution in [1.82, 2.24) is 10.0 Å². The van der Waals surface area contributed by atoms with E-state index in [9.17, 15) is 13.2 Å². The Kier molecular flexibility index (Phi) is 6.44. The number of halogens is 3. The Morgan fingerprint density at radius 3 is 2.32 bits per heavy atom. The third kappa shape index (κ3) is 6.19. The van der Waals surface area contributed by atoms with Crippen LogP contribution < -0.4 is 16.3 Å². The second-order valence-electron chi connectivity index (χ2n) is 4.87. The molecule has 0 heterocycles. The summed E-state index contributed by atoms with van der Waals surface area (Å²) in [5.41, 5.74) is 5.94. The molecule has 0 saturated carbocycles. The van der Waals surface area contributed by atoms with Gasteiger partial charge in [-0.3, -0.25) is 0 Å². The van der Waals surface area contributed by atoms with Crippen molar-refractivity contribution in [3.8, 4) is 5.75 Å². The lowest BCUT2D eigenvalue weighted by Gasteiger charge is -2.26. The number of hydrazone groups is 1. The monoisotopic (exact) mass is 319 g/mol. The molecule has 0 radical (unpaired) electrons. The zero-order valence-electron chi connectivity index (χ0n) is 12.4. The van der Waals surface area contributed by atoms with Gasteiger partial charge in [0.15, 0.2) is 0 Å². The minimum absolute atomic E-state index is 0.284. The van der Waals surface area contributed by atoms with E-state index in [-0.39, 0.29) is 11.8 Å². The molecular formula is C13H20F3N5O. The highest BCUT2D eigenvalue weighted by Gasteiger charge is 2.31. The lowest BCUT2D eigenvalue weighted by Crippen LogP contribution is -2.33. The number of hydrazine groups is 1. The van der Waals surface area contributed by atoms with Crippen LogP contribution in [0.15, 0.2) is 29.4 Å². The quantitative estimate of drug-likeness (QED) is 0.346. The van der Waals surface area contributed by atoms with Gasteiger partial charge >= 0.3 is 6.36 Å². The Bertz CT molecular complexity index is 476. The predicted octanol–water partition coefficient (Wildman–Crippen LogP) is 1.66. The third-order valence-electron chi connectivity index (χ3n) is 2.87. The van der Waals surface area contributed by atoms with E-state index >= 15 is 0 Å². The van der Waals surface area contributed by atoms with E-state index in [0.717, 1.165) is 12.9 Å². The molecule has 6 nitrogen and oxygen atoms in total. The molecule has 0 aliphatic rings. The number of hydrogen-bond acceptors (Lipinski definition) is 5. The molecular weight excluding hydrogens is 299 g/mol. The van der Waals surface area contributed by atoms with Crippen molar-refractivity contribution in [3.05, 3.63) is 29.8 Å². The van der Waals surface area contributed by atoms with E-state index in [0.29, 0.717) is 12.0 Å². The van der Waals surface area contributed by atoms with Gasteiger partial charge in [0.1, 0.15) is 12.1 Å². The van der Waals surface area contributed by atoms with Gasteiger partial charge in [0, 0.05) is 0 Å². The third-order valence-corrected chi connectivity index (χ3v) is 2.87. The number of alkyl halides is 3. The minimum Gasteiger partial charge on any atom is -0.406 e. The van der Waals surface area contributed by atoms with Crippen LogP contribution >= 0.6 is 0 Å². The standard InChI is InChI=1S/C13H20F3N5O/c1-20(2)8-7-12(21(18)19-9-17)10-3-5-11(6-4-10)22-13(14,15)16/h3-6,9,12H,7-8,18H2,1-2H3,(H2,17,19). The van der Waals surface area contributed by atoms with E-state index in [1.807, 2.05) is 19.0 Å². The summed E-state index contributed by atoms with van der Waals surface area (Å²) >= 11 is 0. The van der Waals surface area contributed by atoms with E-state index in [2.05, 4.69) is 9.84 Å². The summed E-state index contributed by atoms with van der Waals surface area (Å²) in [6, 6.07) is 5.21. The van der Waals surface area contributed by atoms with Crippen molar-refractivity contribution in [2.24, 2.45) is 16.7 Å². The number of rotatable bonds is 7. The number of benzene rings is 1. The van der Waals surface area contributed by atoms with Crippen molar-refractivity contribution >= 4 is 6.34 Å². The second-order valence-corrected chi connectivity index (χ2v) is 4.87. The molecule has 0 spiro atoms. The molecule has 1 aromatic rings. The van der Waals surface area contributed by atoms with Crippen LogP contribution in [-0.2, 0) is 0 Å². The van der Waals surface area contributed by atoms with Gasteiger partial charge in [-0.1, -0.05) is 12.1 Å². The lowest BCUT2D eigenvalue weighted by molar-refractivity contribution is -0.274. The summed E-state index contributed by atoms with van der Waals surface area (Å²) in [6.07, 6.45) is -3.03. The first-order valence-corrected chi connectivity index (χ1v) is 6.51. The molecule has 0 aliphatic carbocycles. The molecule has 4 N–H and O–H groups in total. The molecule has 1 rings (SSSR count). The Balaban J connectivity index is 2.89. The van der Waals surface area contributed by atoms with Gasteiger partial charge in [0.2, 0.25) is 0 Å². The molecule has 9 heteroatoms. The largest absolute Gasteiger partial charge is 0.573 e. The molecule has 124 valence electrons. The van der Waals surface area contributed by atoms with Crippen molar-refractivity contribution < 1.29 is 17.9 Å². The van der Waals surface area contributed by atoms with Gasteiger partial charge < -0.3 is 15.4 Å². The summed E-state index contributed by atoms with van der Waals surface area (Å²) in [4.78, 5) is 1.97. The van der Waals surface area contributed by atoms with Crippen LogP contribution in [0, 0.1) is 0 Å². The van der Waals surface area contributed by atoms with Crippen LogP contribution in [0.25, 0.3) is 0 Å². The Morgan fingerprint density at radius 2 is 1.86 bits per heavy atom. The molecule has 0 aromatic heterocycles. The maximum atomic E-state index is 12.1. The summed E-state index contributed by atoms with van der Waals surface area (Å²) in [5, 5.41) is 4.98. The molecule has 1 unspecified atom stereocenters. The Morgan fingerprint density at radius 1 is 1.27 bits per heavy atom. The van der Waals surface area contributed by atoms with Crippen molar-refractivity contribution in [2.45, 2.75) is 18.8 Å². The summed E-state index contributed by atoms with van der Waals surface area (Å²) < 4.78 is 40.3. The smallest absolute Gasteiger partial charge is 0.406 e. The zero-order chi connectivity index (χ0) is 16.8. The van der Waals surface area contributed by atoms with E-state index in [4.69, 9.17) is 11.6 Å². The second kappa shape index (κ2) is 7.85. The summed E-state index contributed by atoms with van der Waals surface area (Å²) in [5.74, 6) is 5.53. The predicted molar refractivity (Wildman–Crippen MR) is 77.7 cm³/mol. The fourth-order valence-electron chi connectivity index (χ4n) is 1.88. The fourth-order valence-corrected chi connectivity index (χ4v) is 1.88. The summed E-state index contributed by atoms with van der Waals surface area (Å²) in [6.45, 7) is 0.721. The molecule has 0 saturated heterocycles. The molecule has 0 bridgehead atoms. The van der Waals surface area contributed by atoms with E-state index in [1.165, 1.54) is 29.4 Å². The SMILES string of the molecule is CN(C)CCC(c1ccc(OC(F)(F)F)cc1)N(N)/N=C\N. The number of nitrogens with two attached hydrogens (primary N) is 2. The van der Waals surface area contributed by atoms with Crippen LogP contribution in [0.2, 0.25) is 0 Å². The molecule has 1 aromatic carbocycles. The van der Waals surface area contributed by atoms with Crippen LogP contribution in [-0.4, -0.2) is 43.4 Å². The van der Waals surface area contributed by atoms with E-state index < -0.39 is 6.36 Å². The van der Waals surface area contributed by atoms with Gasteiger partial charge in [-0.25, -0.2) is 11.0 Å². The highest BCUT2D eigenvalue weighted by molar-refractivity contribution is 5.50. The number of hydrogen-bond donors (Lipinski definition) is 2. The van der Waals surface area contributed by atoms with Crippen LogP contribution in [0.4, 0.5) is 13.2 Å². The Hall–Kier alpha value is -2.00. The van der Waals surface area contributed by atoms with Crippen LogP contribution in [0.5, 0.6) is 5.75 Å². The van der Waals surface area contributed by atoms with Gasteiger partial charge in [-0.15, -0.1) is 13.2 Å². The van der Waals surface area contributed by atoms with Crippen LogP contribution in [0.3, 0.4) is 0 Å². The molecule has 1 atom stereocenters. The summed E-state index contributed by atoms with van der Waals surface area (Å²) in [7, 11) is 3.81. The number of nitrogens with zero attached hydrogens (tertiary/aromatic N) is 3. The van der Waals surface area contributed by atoms with Crippen molar-refractivity contribution in [3.63, 3.8) is 0 Å². The maximum Gasteiger partial charge on any atom is 0.573 e. The van der Waals surface area contributed by atoms with Gasteiger partial charge in [-0.05, 0) is 44.8 Å². The topological polar surface area (TPSA) is 80.1 Å². The average Bonchev–Trinajstić information content (AvgIpc) is 2.39. The first-order valence-electron chi connectivity index (χ1n) is 6.51. The first-order chi connectivity index (χ1) is 10.2. The molecule has 0 amide bonds. The fraction of sp³-hybridized carbons (Fsp3) is 0.462. The lowest BCUT2D eigenvalue weighted by atomic mass is 10.0. The zero-order valence-corrected chi connectivity index (χ0v) is 12.4. The maximum absolute atomic E-state index is 12.1. The van der Waals surface area contributed by atoms with Gasteiger partial charge in [-0.2, -0.15) is 5.10 Å². The average molecular weight is 319 g/mol. The minimum atomic E-state index is -4.71. The Labute approximate surface area is 127 Å². The normalized spacial score (nSPS) is 13.6. The van der Waals surface area contributed by atoms with E-state index in [1.54, 1.807) is 0 Å².